The number of rotatable bonds is 7. The highest BCUT2D eigenvalue weighted by molar-refractivity contribution is 5.76. The maximum atomic E-state index is 12.0. The summed E-state index contributed by atoms with van der Waals surface area (Å²) in [4.78, 5) is 10.7. The van der Waals surface area contributed by atoms with Crippen LogP contribution in [0.25, 0.3) is 0 Å². The second-order valence-electron chi connectivity index (χ2n) is 4.89. The van der Waals surface area contributed by atoms with Crippen LogP contribution in [0, 0.1) is 0 Å². The van der Waals surface area contributed by atoms with Crippen LogP contribution in [0.15, 0.2) is 24.3 Å². The van der Waals surface area contributed by atoms with Gasteiger partial charge in [0.15, 0.2) is 0 Å². The molecule has 0 aliphatic rings. The Balaban J connectivity index is 2.38. The van der Waals surface area contributed by atoms with Gasteiger partial charge in [-0.1, -0.05) is 12.1 Å². The lowest BCUT2D eigenvalue weighted by Gasteiger charge is -2.16. The van der Waals surface area contributed by atoms with E-state index >= 15 is 0 Å². The number of nitrogens with one attached hydrogen (secondary N) is 1. The molecule has 3 nitrogen and oxygen atoms in total. The molecule has 0 radical (unpaired) electrons. The molecule has 20 heavy (non-hydrogen) atoms. The third kappa shape index (κ3) is 7.01. The first-order valence-corrected chi connectivity index (χ1v) is 6.47. The monoisotopic (exact) mass is 288 g/mol. The highest BCUT2D eigenvalue weighted by Crippen LogP contribution is 2.23. The molecule has 1 unspecified atom stereocenters. The van der Waals surface area contributed by atoms with E-state index in [9.17, 15) is 18.0 Å². The molecular formula is C14H19F3N2O. The largest absolute Gasteiger partial charge is 0.389 e. The van der Waals surface area contributed by atoms with Crippen molar-refractivity contribution in [2.75, 3.05) is 5.32 Å². The molecular weight excluding hydrogens is 269 g/mol. The SMILES string of the molecule is CC(CCCC(F)(F)F)Nc1ccc(CC(N)=O)cc1. The first kappa shape index (κ1) is 16.3. The fraction of sp³-hybridized carbons (Fsp3) is 0.500. The Morgan fingerprint density at radius 2 is 1.90 bits per heavy atom. The van der Waals surface area contributed by atoms with E-state index in [-0.39, 0.29) is 18.9 Å². The fourth-order valence-corrected chi connectivity index (χ4v) is 1.89. The summed E-state index contributed by atoms with van der Waals surface area (Å²) in [6.07, 6.45) is -4.10. The molecule has 1 amide bonds. The summed E-state index contributed by atoms with van der Waals surface area (Å²) in [6, 6.07) is 7.08. The van der Waals surface area contributed by atoms with Crippen molar-refractivity contribution in [3.8, 4) is 0 Å². The summed E-state index contributed by atoms with van der Waals surface area (Å²) in [5.41, 5.74) is 6.72. The van der Waals surface area contributed by atoms with Gasteiger partial charge in [0.25, 0.3) is 0 Å². The smallest absolute Gasteiger partial charge is 0.383 e. The molecule has 0 aromatic heterocycles. The van der Waals surface area contributed by atoms with Crippen LogP contribution < -0.4 is 11.1 Å². The molecule has 3 N–H and O–H groups in total. The van der Waals surface area contributed by atoms with Crippen LogP contribution in [0.4, 0.5) is 18.9 Å². The Morgan fingerprint density at radius 1 is 1.30 bits per heavy atom. The number of nitrogens with two attached hydrogens (primary N) is 1. The predicted molar refractivity (Wildman–Crippen MR) is 72.3 cm³/mol. The molecule has 1 aromatic carbocycles. The zero-order valence-electron chi connectivity index (χ0n) is 11.3. The Bertz CT molecular complexity index is 429. The van der Waals surface area contributed by atoms with E-state index < -0.39 is 18.5 Å². The van der Waals surface area contributed by atoms with Crippen molar-refractivity contribution in [1.29, 1.82) is 0 Å². The maximum absolute atomic E-state index is 12.0. The summed E-state index contributed by atoms with van der Waals surface area (Å²) in [5, 5.41) is 3.13. The van der Waals surface area contributed by atoms with Gasteiger partial charge in [0.05, 0.1) is 6.42 Å². The van der Waals surface area contributed by atoms with Crippen molar-refractivity contribution in [3.05, 3.63) is 29.8 Å². The number of alkyl halides is 3. The third-order valence-electron chi connectivity index (χ3n) is 2.84. The number of amides is 1. The normalized spacial score (nSPS) is 13.0. The van der Waals surface area contributed by atoms with Crippen LogP contribution in [-0.2, 0) is 11.2 Å². The number of hydrogen-bond donors (Lipinski definition) is 2. The van der Waals surface area contributed by atoms with Gasteiger partial charge in [-0.25, -0.2) is 0 Å². The van der Waals surface area contributed by atoms with Crippen LogP contribution >= 0.6 is 0 Å². The molecule has 0 aliphatic carbocycles. The lowest BCUT2D eigenvalue weighted by molar-refractivity contribution is -0.135. The van der Waals surface area contributed by atoms with Gasteiger partial charge < -0.3 is 11.1 Å². The molecule has 0 saturated heterocycles. The second-order valence-corrected chi connectivity index (χ2v) is 4.89. The van der Waals surface area contributed by atoms with Crippen molar-refractivity contribution in [1.82, 2.24) is 0 Å². The van der Waals surface area contributed by atoms with Gasteiger partial charge in [0.1, 0.15) is 0 Å². The zero-order valence-corrected chi connectivity index (χ0v) is 11.3. The number of primary amides is 1. The zero-order chi connectivity index (χ0) is 15.2. The number of hydrogen-bond acceptors (Lipinski definition) is 2. The average molecular weight is 288 g/mol. The summed E-state index contributed by atoms with van der Waals surface area (Å²) >= 11 is 0. The van der Waals surface area contributed by atoms with Crippen LogP contribution in [0.3, 0.4) is 0 Å². The fourth-order valence-electron chi connectivity index (χ4n) is 1.89. The molecule has 0 spiro atoms. The van der Waals surface area contributed by atoms with Gasteiger partial charge in [-0.3, -0.25) is 4.79 Å². The molecule has 0 saturated carbocycles. The standard InChI is InChI=1S/C14H19F3N2O/c1-10(3-2-8-14(15,16)17)19-12-6-4-11(5-7-12)9-13(18)20/h4-7,10,19H,2-3,8-9H2,1H3,(H2,18,20). The van der Waals surface area contributed by atoms with Crippen LogP contribution in [0.5, 0.6) is 0 Å². The lowest BCUT2D eigenvalue weighted by Crippen LogP contribution is -2.17. The van der Waals surface area contributed by atoms with E-state index in [1.54, 1.807) is 24.3 Å². The van der Waals surface area contributed by atoms with Crippen LogP contribution in [0.2, 0.25) is 0 Å². The Labute approximate surface area is 116 Å². The molecule has 6 heteroatoms. The lowest BCUT2D eigenvalue weighted by atomic mass is 10.1. The van der Waals surface area contributed by atoms with Gasteiger partial charge in [-0.05, 0) is 37.5 Å². The number of halogens is 3. The van der Waals surface area contributed by atoms with E-state index in [4.69, 9.17) is 5.73 Å². The molecule has 0 fully saturated rings. The van der Waals surface area contributed by atoms with Crippen molar-refractivity contribution < 1.29 is 18.0 Å². The number of anilines is 1. The van der Waals surface area contributed by atoms with Gasteiger partial charge >= 0.3 is 6.18 Å². The first-order chi connectivity index (χ1) is 9.26. The van der Waals surface area contributed by atoms with E-state index in [2.05, 4.69) is 5.32 Å². The average Bonchev–Trinajstić information content (AvgIpc) is 2.29. The number of benzene rings is 1. The highest BCUT2D eigenvalue weighted by atomic mass is 19.4. The molecule has 0 heterocycles. The Hall–Kier alpha value is -1.72. The summed E-state index contributed by atoms with van der Waals surface area (Å²) in [5.74, 6) is -0.397. The van der Waals surface area contributed by atoms with Gasteiger partial charge in [-0.2, -0.15) is 13.2 Å². The summed E-state index contributed by atoms with van der Waals surface area (Å²) < 4.78 is 36.1. The molecule has 1 aromatic rings. The Morgan fingerprint density at radius 3 is 2.40 bits per heavy atom. The van der Waals surface area contributed by atoms with Gasteiger partial charge in [0.2, 0.25) is 5.91 Å². The first-order valence-electron chi connectivity index (χ1n) is 6.47. The molecule has 1 atom stereocenters. The minimum Gasteiger partial charge on any atom is -0.383 e. The minimum absolute atomic E-state index is 0.0423. The molecule has 0 bridgehead atoms. The van der Waals surface area contributed by atoms with Crippen molar-refractivity contribution in [3.63, 3.8) is 0 Å². The summed E-state index contributed by atoms with van der Waals surface area (Å²) in [6.45, 7) is 1.84. The van der Waals surface area contributed by atoms with Crippen molar-refractivity contribution >= 4 is 11.6 Å². The van der Waals surface area contributed by atoms with E-state index in [1.165, 1.54) is 0 Å². The van der Waals surface area contributed by atoms with Crippen molar-refractivity contribution in [2.45, 2.75) is 44.8 Å². The van der Waals surface area contributed by atoms with Gasteiger partial charge in [0, 0.05) is 18.2 Å². The third-order valence-corrected chi connectivity index (χ3v) is 2.84. The molecule has 0 aliphatic heterocycles. The molecule has 112 valence electrons. The molecule has 1 rings (SSSR count). The topological polar surface area (TPSA) is 55.1 Å². The van der Waals surface area contributed by atoms with Crippen LogP contribution in [-0.4, -0.2) is 18.1 Å². The van der Waals surface area contributed by atoms with Crippen LogP contribution in [0.1, 0.15) is 31.7 Å². The highest BCUT2D eigenvalue weighted by Gasteiger charge is 2.26. The number of carbonyl (C=O) groups is 1. The van der Waals surface area contributed by atoms with E-state index in [0.29, 0.717) is 6.42 Å². The number of carbonyl (C=O) groups excluding carboxylic acids is 1. The quantitative estimate of drug-likeness (QED) is 0.809. The van der Waals surface area contributed by atoms with E-state index in [0.717, 1.165) is 11.3 Å². The van der Waals surface area contributed by atoms with Gasteiger partial charge in [-0.15, -0.1) is 0 Å². The second kappa shape index (κ2) is 7.17. The van der Waals surface area contributed by atoms with Crippen molar-refractivity contribution in [2.24, 2.45) is 5.73 Å². The maximum Gasteiger partial charge on any atom is 0.389 e. The minimum atomic E-state index is -4.09. The summed E-state index contributed by atoms with van der Waals surface area (Å²) in [7, 11) is 0. The van der Waals surface area contributed by atoms with E-state index in [1.807, 2.05) is 6.92 Å². The Kier molecular flexibility index (Phi) is 5.85. The predicted octanol–water partition coefficient (Wildman–Crippen LogP) is 3.25.